The molecule has 1 aromatic rings. The van der Waals surface area contributed by atoms with Gasteiger partial charge in [0.05, 0.1) is 11.6 Å². The maximum Gasteiger partial charge on any atom is 0.341 e. The minimum absolute atomic E-state index is 0.133. The van der Waals surface area contributed by atoms with Crippen LogP contribution in [0.2, 0.25) is 0 Å². The normalized spacial score (nSPS) is 16.4. The molecule has 0 heterocycles. The van der Waals surface area contributed by atoms with Crippen LogP contribution >= 0.6 is 0 Å². The van der Waals surface area contributed by atoms with E-state index in [9.17, 15) is 14.0 Å². The zero-order valence-electron chi connectivity index (χ0n) is 11.6. The largest absolute Gasteiger partial charge is 0.452 e. The summed E-state index contributed by atoms with van der Waals surface area (Å²) >= 11 is 0. The topological polar surface area (TPSA) is 79.2 Å². The van der Waals surface area contributed by atoms with Crippen molar-refractivity contribution in [1.82, 2.24) is 5.32 Å². The van der Waals surface area contributed by atoms with Gasteiger partial charge < -0.3 is 10.1 Å². The van der Waals surface area contributed by atoms with E-state index in [0.29, 0.717) is 0 Å². The van der Waals surface area contributed by atoms with E-state index < -0.39 is 29.8 Å². The number of esters is 1. The highest BCUT2D eigenvalue weighted by molar-refractivity contribution is 5.91. The molecular formula is C15H15FN2O3. The van der Waals surface area contributed by atoms with E-state index in [1.807, 2.05) is 0 Å². The van der Waals surface area contributed by atoms with Crippen LogP contribution in [0.5, 0.6) is 0 Å². The molecule has 1 amide bonds. The Morgan fingerprint density at radius 1 is 1.48 bits per heavy atom. The fourth-order valence-corrected chi connectivity index (χ4v) is 2.04. The van der Waals surface area contributed by atoms with Crippen molar-refractivity contribution < 1.29 is 18.7 Å². The number of hydrogen-bond donors (Lipinski definition) is 1. The number of nitriles is 1. The Bertz CT molecular complexity index is 607. The quantitative estimate of drug-likeness (QED) is 0.838. The van der Waals surface area contributed by atoms with E-state index in [-0.39, 0.29) is 11.5 Å². The minimum atomic E-state index is -0.943. The Hall–Kier alpha value is -2.42. The van der Waals surface area contributed by atoms with Crippen molar-refractivity contribution in [3.63, 3.8) is 0 Å². The maximum atomic E-state index is 13.4. The van der Waals surface area contributed by atoms with Crippen molar-refractivity contribution in [2.45, 2.75) is 25.3 Å². The van der Waals surface area contributed by atoms with E-state index in [1.165, 1.54) is 18.2 Å². The minimum Gasteiger partial charge on any atom is -0.452 e. The summed E-state index contributed by atoms with van der Waals surface area (Å²) in [5, 5.41) is 11.7. The van der Waals surface area contributed by atoms with Gasteiger partial charge in [-0.15, -0.1) is 0 Å². The highest BCUT2D eigenvalue weighted by Crippen LogP contribution is 2.39. The molecule has 5 nitrogen and oxygen atoms in total. The van der Waals surface area contributed by atoms with E-state index in [2.05, 4.69) is 11.4 Å². The van der Waals surface area contributed by atoms with E-state index in [0.717, 1.165) is 18.9 Å². The number of benzene rings is 1. The standard InChI is InChI=1S/C15H15FN2O3/c1-15(9-17,10-6-7-10)18-13(19)8-21-14(20)11-4-2-3-5-12(11)16/h2-5,10H,6-8H2,1H3,(H,18,19)/t15-/m1/s1. The predicted octanol–water partition coefficient (Wildman–Crippen LogP) is 1.79. The first-order valence-corrected chi connectivity index (χ1v) is 6.60. The van der Waals surface area contributed by atoms with Gasteiger partial charge in [0.25, 0.3) is 5.91 Å². The smallest absolute Gasteiger partial charge is 0.341 e. The zero-order chi connectivity index (χ0) is 15.5. The second kappa shape index (κ2) is 5.92. The average molecular weight is 290 g/mol. The molecule has 1 aromatic carbocycles. The van der Waals surface area contributed by atoms with Crippen LogP contribution in [0.15, 0.2) is 24.3 Å². The van der Waals surface area contributed by atoms with Gasteiger partial charge >= 0.3 is 5.97 Å². The van der Waals surface area contributed by atoms with Gasteiger partial charge in [0, 0.05) is 0 Å². The van der Waals surface area contributed by atoms with Gasteiger partial charge in [0.2, 0.25) is 0 Å². The predicted molar refractivity (Wildman–Crippen MR) is 71.6 cm³/mol. The summed E-state index contributed by atoms with van der Waals surface area (Å²) in [4.78, 5) is 23.4. The number of nitrogens with zero attached hydrogens (tertiary/aromatic N) is 1. The molecule has 1 atom stereocenters. The van der Waals surface area contributed by atoms with Gasteiger partial charge in [-0.2, -0.15) is 5.26 Å². The zero-order valence-corrected chi connectivity index (χ0v) is 11.6. The molecule has 0 spiro atoms. The number of hydrogen-bond acceptors (Lipinski definition) is 4. The summed E-state index contributed by atoms with van der Waals surface area (Å²) in [7, 11) is 0. The Morgan fingerprint density at radius 2 is 2.14 bits per heavy atom. The van der Waals surface area contributed by atoms with Crippen LogP contribution in [0.1, 0.15) is 30.1 Å². The lowest BCUT2D eigenvalue weighted by Crippen LogP contribution is -2.48. The lowest BCUT2D eigenvalue weighted by atomic mass is 9.98. The number of carbonyl (C=O) groups excluding carboxylic acids is 2. The summed E-state index contributed by atoms with van der Waals surface area (Å²) < 4.78 is 18.1. The molecule has 1 fully saturated rings. The molecule has 21 heavy (non-hydrogen) atoms. The molecule has 110 valence electrons. The van der Waals surface area contributed by atoms with Gasteiger partial charge in [0.15, 0.2) is 6.61 Å². The van der Waals surface area contributed by atoms with Crippen LogP contribution < -0.4 is 5.32 Å². The van der Waals surface area contributed by atoms with Crippen molar-refractivity contribution in [3.8, 4) is 6.07 Å². The molecule has 0 saturated heterocycles. The molecule has 0 bridgehead atoms. The third kappa shape index (κ3) is 3.57. The molecule has 0 unspecified atom stereocenters. The van der Waals surface area contributed by atoms with Crippen LogP contribution in [0.25, 0.3) is 0 Å². The van der Waals surface area contributed by atoms with E-state index in [4.69, 9.17) is 10.00 Å². The van der Waals surface area contributed by atoms with Crippen LogP contribution in [-0.4, -0.2) is 24.0 Å². The summed E-state index contributed by atoms with van der Waals surface area (Å²) in [5.41, 5.74) is -1.17. The van der Waals surface area contributed by atoms with Crippen LogP contribution in [0.4, 0.5) is 4.39 Å². The first-order chi connectivity index (χ1) is 9.96. The molecule has 2 rings (SSSR count). The number of amides is 1. The Kier molecular flexibility index (Phi) is 4.22. The average Bonchev–Trinajstić information content (AvgIpc) is 3.30. The monoisotopic (exact) mass is 290 g/mol. The summed E-state index contributed by atoms with van der Waals surface area (Å²) in [6, 6.07) is 7.43. The molecule has 1 aliphatic carbocycles. The second-order valence-electron chi connectivity index (χ2n) is 5.19. The first-order valence-electron chi connectivity index (χ1n) is 6.60. The molecule has 1 aliphatic rings. The third-order valence-electron chi connectivity index (χ3n) is 3.45. The Labute approximate surface area is 121 Å². The molecular weight excluding hydrogens is 275 g/mol. The van der Waals surface area contributed by atoms with Gasteiger partial charge in [-0.05, 0) is 37.8 Å². The van der Waals surface area contributed by atoms with Crippen molar-refractivity contribution >= 4 is 11.9 Å². The number of carbonyl (C=O) groups is 2. The van der Waals surface area contributed by atoms with Crippen LogP contribution in [-0.2, 0) is 9.53 Å². The van der Waals surface area contributed by atoms with Gasteiger partial charge in [-0.25, -0.2) is 9.18 Å². The van der Waals surface area contributed by atoms with Gasteiger partial charge in [-0.3, -0.25) is 4.79 Å². The highest BCUT2D eigenvalue weighted by Gasteiger charge is 2.43. The fourth-order valence-electron chi connectivity index (χ4n) is 2.04. The molecule has 1 saturated carbocycles. The lowest BCUT2D eigenvalue weighted by molar-refractivity contribution is -0.125. The number of nitrogens with one attached hydrogen (secondary N) is 1. The van der Waals surface area contributed by atoms with Gasteiger partial charge in [0.1, 0.15) is 11.4 Å². The maximum absolute atomic E-state index is 13.4. The first kappa shape index (κ1) is 15.0. The Balaban J connectivity index is 1.88. The molecule has 1 N–H and O–H groups in total. The highest BCUT2D eigenvalue weighted by atomic mass is 19.1. The number of halogens is 1. The van der Waals surface area contributed by atoms with Crippen molar-refractivity contribution in [1.29, 1.82) is 5.26 Å². The van der Waals surface area contributed by atoms with Crippen LogP contribution in [0, 0.1) is 23.1 Å². The fraction of sp³-hybridized carbons (Fsp3) is 0.400. The Morgan fingerprint density at radius 3 is 2.71 bits per heavy atom. The van der Waals surface area contributed by atoms with Crippen molar-refractivity contribution in [2.75, 3.05) is 6.61 Å². The van der Waals surface area contributed by atoms with Crippen LogP contribution in [0.3, 0.4) is 0 Å². The number of ether oxygens (including phenoxy) is 1. The summed E-state index contributed by atoms with van der Waals surface area (Å²) in [5.74, 6) is -2.06. The summed E-state index contributed by atoms with van der Waals surface area (Å²) in [6.45, 7) is 1.10. The van der Waals surface area contributed by atoms with Crippen molar-refractivity contribution in [3.05, 3.63) is 35.6 Å². The molecule has 6 heteroatoms. The third-order valence-corrected chi connectivity index (χ3v) is 3.45. The lowest BCUT2D eigenvalue weighted by Gasteiger charge is -2.22. The van der Waals surface area contributed by atoms with Gasteiger partial charge in [-0.1, -0.05) is 12.1 Å². The van der Waals surface area contributed by atoms with E-state index in [1.54, 1.807) is 6.92 Å². The summed E-state index contributed by atoms with van der Waals surface area (Å²) in [6.07, 6.45) is 1.78. The second-order valence-corrected chi connectivity index (χ2v) is 5.19. The number of rotatable bonds is 5. The SMILES string of the molecule is C[C@](C#N)(NC(=O)COC(=O)c1ccccc1F)C1CC1. The van der Waals surface area contributed by atoms with Crippen molar-refractivity contribution in [2.24, 2.45) is 5.92 Å². The van der Waals surface area contributed by atoms with E-state index >= 15 is 0 Å². The molecule has 0 radical (unpaired) electrons. The molecule has 0 aliphatic heterocycles. The molecule has 0 aromatic heterocycles.